The van der Waals surface area contributed by atoms with Crippen LogP contribution < -0.4 is 10.1 Å². The molecule has 1 amide bonds. The Morgan fingerprint density at radius 3 is 2.47 bits per heavy atom. The van der Waals surface area contributed by atoms with E-state index >= 15 is 0 Å². The van der Waals surface area contributed by atoms with Crippen molar-refractivity contribution in [3.63, 3.8) is 0 Å². The number of methoxy groups -OCH3 is 1. The molecule has 164 valence electrons. The fourth-order valence-corrected chi connectivity index (χ4v) is 3.45. The number of rotatable bonds is 4. The number of ether oxygens (including phenoxy) is 1. The summed E-state index contributed by atoms with van der Waals surface area (Å²) in [6.07, 6.45) is 0. The minimum atomic E-state index is -0.242. The van der Waals surface area contributed by atoms with Crippen molar-refractivity contribution >= 4 is 17.2 Å². The molecule has 0 aliphatic rings. The number of fused-ring (bicyclic) bond motifs is 1. The van der Waals surface area contributed by atoms with Crippen molar-refractivity contribution in [2.45, 2.75) is 40.0 Å². The molecule has 0 radical (unpaired) electrons. The van der Waals surface area contributed by atoms with Gasteiger partial charge in [0.05, 0.1) is 18.5 Å². The molecule has 6 nitrogen and oxygen atoms in total. The van der Waals surface area contributed by atoms with Crippen LogP contribution in [0.2, 0.25) is 0 Å². The van der Waals surface area contributed by atoms with E-state index < -0.39 is 0 Å². The summed E-state index contributed by atoms with van der Waals surface area (Å²) < 4.78 is 6.99. The van der Waals surface area contributed by atoms with Crippen molar-refractivity contribution in [3.05, 3.63) is 77.1 Å². The highest BCUT2D eigenvalue weighted by Crippen LogP contribution is 2.27. The molecular formula is C26H28N4O2. The lowest BCUT2D eigenvalue weighted by Crippen LogP contribution is -2.18. The summed E-state index contributed by atoms with van der Waals surface area (Å²) in [6.45, 7) is 10.3. The van der Waals surface area contributed by atoms with Crippen molar-refractivity contribution in [1.82, 2.24) is 14.6 Å². The molecule has 0 spiro atoms. The fourth-order valence-electron chi connectivity index (χ4n) is 3.45. The van der Waals surface area contributed by atoms with E-state index in [1.165, 1.54) is 5.56 Å². The largest absolute Gasteiger partial charge is 0.497 e. The van der Waals surface area contributed by atoms with Gasteiger partial charge in [0.1, 0.15) is 11.4 Å². The number of nitrogens with zero attached hydrogens (tertiary/aromatic N) is 3. The van der Waals surface area contributed by atoms with Gasteiger partial charge < -0.3 is 10.1 Å². The Balaban J connectivity index is 1.85. The molecule has 4 aromatic rings. The minimum absolute atomic E-state index is 0.175. The van der Waals surface area contributed by atoms with Crippen LogP contribution in [0.15, 0.2) is 54.6 Å². The van der Waals surface area contributed by atoms with Crippen molar-refractivity contribution < 1.29 is 9.53 Å². The van der Waals surface area contributed by atoms with Gasteiger partial charge in [-0.25, -0.2) is 9.50 Å². The summed E-state index contributed by atoms with van der Waals surface area (Å²) >= 11 is 0. The molecule has 1 N–H and O–H groups in total. The second-order valence-electron chi connectivity index (χ2n) is 9.06. The molecule has 0 unspecified atom stereocenters. The van der Waals surface area contributed by atoms with Gasteiger partial charge in [-0.3, -0.25) is 4.79 Å². The molecule has 2 heterocycles. The quantitative estimate of drug-likeness (QED) is 0.461. The molecule has 0 fully saturated rings. The van der Waals surface area contributed by atoms with Crippen LogP contribution in [0.4, 0.5) is 5.69 Å². The zero-order chi connectivity index (χ0) is 23.0. The molecule has 0 saturated carbocycles. The maximum atomic E-state index is 13.4. The Morgan fingerprint density at radius 2 is 1.78 bits per heavy atom. The second kappa shape index (κ2) is 8.11. The topological polar surface area (TPSA) is 68.5 Å². The number of anilines is 1. The van der Waals surface area contributed by atoms with Gasteiger partial charge in [0.15, 0.2) is 5.65 Å². The van der Waals surface area contributed by atoms with Crippen LogP contribution in [-0.2, 0) is 5.41 Å². The van der Waals surface area contributed by atoms with E-state index in [-0.39, 0.29) is 11.3 Å². The Labute approximate surface area is 188 Å². The summed E-state index contributed by atoms with van der Waals surface area (Å²) in [7, 11) is 1.63. The minimum Gasteiger partial charge on any atom is -0.497 e. The predicted octanol–water partition coefficient (Wildman–Crippen LogP) is 5.57. The summed E-state index contributed by atoms with van der Waals surface area (Å²) in [5, 5.41) is 7.73. The van der Waals surface area contributed by atoms with E-state index in [4.69, 9.17) is 14.8 Å². The highest BCUT2D eigenvalue weighted by Gasteiger charge is 2.22. The molecule has 2 aromatic carbocycles. The molecule has 0 bridgehead atoms. The maximum Gasteiger partial charge on any atom is 0.274 e. The lowest BCUT2D eigenvalue weighted by Gasteiger charge is -2.14. The van der Waals surface area contributed by atoms with E-state index in [2.05, 4.69) is 26.1 Å². The number of carbonyl (C=O) groups excluding carboxylic acids is 1. The first-order valence-electron chi connectivity index (χ1n) is 10.6. The number of aromatic nitrogens is 3. The Morgan fingerprint density at radius 1 is 1.00 bits per heavy atom. The number of hydrogen-bond acceptors (Lipinski definition) is 4. The second-order valence-corrected chi connectivity index (χ2v) is 9.06. The Hall–Kier alpha value is -3.67. The predicted molar refractivity (Wildman–Crippen MR) is 128 cm³/mol. The lowest BCUT2D eigenvalue weighted by atomic mass is 9.93. The van der Waals surface area contributed by atoms with Crippen LogP contribution in [0.1, 0.15) is 48.1 Å². The van der Waals surface area contributed by atoms with Crippen molar-refractivity contribution in [2.24, 2.45) is 0 Å². The number of amides is 1. The molecule has 0 atom stereocenters. The first kappa shape index (κ1) is 21.6. The van der Waals surface area contributed by atoms with Gasteiger partial charge in [0.25, 0.3) is 5.91 Å². The average molecular weight is 429 g/mol. The van der Waals surface area contributed by atoms with Crippen LogP contribution in [0.3, 0.4) is 0 Å². The van der Waals surface area contributed by atoms with Crippen LogP contribution in [0.25, 0.3) is 16.9 Å². The Kier molecular flexibility index (Phi) is 5.46. The van der Waals surface area contributed by atoms with Gasteiger partial charge in [0.2, 0.25) is 0 Å². The molecule has 0 saturated heterocycles. The van der Waals surface area contributed by atoms with Crippen molar-refractivity contribution in [1.29, 1.82) is 0 Å². The standard InChI is InChI=1S/C26H28N4O2/c1-16-10-11-19(12-17(16)2)27-25(31)22-14-21(18-8-7-9-20(13-18)32-6)28-24-15-23(26(3,4)5)29-30(22)24/h7-15H,1-6H3,(H,27,31). The van der Waals surface area contributed by atoms with Crippen LogP contribution >= 0.6 is 0 Å². The lowest BCUT2D eigenvalue weighted by molar-refractivity contribution is 0.101. The number of nitrogens with one attached hydrogen (secondary N) is 1. The third-order valence-corrected chi connectivity index (χ3v) is 5.56. The van der Waals surface area contributed by atoms with E-state index in [0.29, 0.717) is 17.0 Å². The van der Waals surface area contributed by atoms with Gasteiger partial charge in [-0.1, -0.05) is 39.0 Å². The van der Waals surface area contributed by atoms with Gasteiger partial charge in [-0.05, 0) is 55.3 Å². The summed E-state index contributed by atoms with van der Waals surface area (Å²) in [5.74, 6) is 0.488. The molecule has 2 aromatic heterocycles. The summed E-state index contributed by atoms with van der Waals surface area (Å²) in [4.78, 5) is 18.2. The smallest absolute Gasteiger partial charge is 0.274 e. The third-order valence-electron chi connectivity index (χ3n) is 5.56. The normalized spacial score (nSPS) is 11.6. The first-order valence-corrected chi connectivity index (χ1v) is 10.6. The van der Waals surface area contributed by atoms with Gasteiger partial charge >= 0.3 is 0 Å². The van der Waals surface area contributed by atoms with Crippen LogP contribution in [0.5, 0.6) is 5.75 Å². The van der Waals surface area contributed by atoms with Gasteiger partial charge in [-0.15, -0.1) is 0 Å². The number of carbonyl (C=O) groups is 1. The SMILES string of the molecule is COc1cccc(-c2cc(C(=O)Nc3ccc(C)c(C)c3)n3nc(C(C)(C)C)cc3n2)c1. The maximum absolute atomic E-state index is 13.4. The molecule has 6 heteroatoms. The molecular weight excluding hydrogens is 400 g/mol. The van der Waals surface area contributed by atoms with Gasteiger partial charge in [-0.2, -0.15) is 5.10 Å². The number of aryl methyl sites for hydroxylation is 2. The highest BCUT2D eigenvalue weighted by molar-refractivity contribution is 6.04. The monoisotopic (exact) mass is 428 g/mol. The fraction of sp³-hybridized carbons (Fsp3) is 0.269. The van der Waals surface area contributed by atoms with E-state index in [0.717, 1.165) is 28.3 Å². The Bertz CT molecular complexity index is 1320. The zero-order valence-electron chi connectivity index (χ0n) is 19.4. The van der Waals surface area contributed by atoms with Crippen molar-refractivity contribution in [2.75, 3.05) is 12.4 Å². The highest BCUT2D eigenvalue weighted by atomic mass is 16.5. The van der Waals surface area contributed by atoms with E-state index in [1.54, 1.807) is 17.7 Å². The van der Waals surface area contributed by atoms with Gasteiger partial charge in [0, 0.05) is 22.7 Å². The van der Waals surface area contributed by atoms with Crippen LogP contribution in [-0.4, -0.2) is 27.6 Å². The molecule has 0 aliphatic carbocycles. The van der Waals surface area contributed by atoms with E-state index in [9.17, 15) is 4.79 Å². The first-order chi connectivity index (χ1) is 15.2. The van der Waals surface area contributed by atoms with E-state index in [1.807, 2.05) is 62.4 Å². The summed E-state index contributed by atoms with van der Waals surface area (Å²) in [6, 6.07) is 17.2. The molecule has 32 heavy (non-hydrogen) atoms. The van der Waals surface area contributed by atoms with Crippen LogP contribution in [0, 0.1) is 13.8 Å². The van der Waals surface area contributed by atoms with Crippen molar-refractivity contribution in [3.8, 4) is 17.0 Å². The zero-order valence-corrected chi connectivity index (χ0v) is 19.4. The molecule has 4 rings (SSSR count). The summed E-state index contributed by atoms with van der Waals surface area (Å²) in [5.41, 5.74) is 6.33. The average Bonchev–Trinajstić information content (AvgIpc) is 3.20. The number of hydrogen-bond donors (Lipinski definition) is 1. The number of benzene rings is 2. The third kappa shape index (κ3) is 4.21. The molecule has 0 aliphatic heterocycles.